The molecule has 28 heavy (non-hydrogen) atoms. The van der Waals surface area contributed by atoms with Crippen molar-refractivity contribution in [3.05, 3.63) is 65.7 Å². The van der Waals surface area contributed by atoms with Gasteiger partial charge >= 0.3 is 0 Å². The summed E-state index contributed by atoms with van der Waals surface area (Å²) in [4.78, 5) is 14.4. The highest BCUT2D eigenvalue weighted by Crippen LogP contribution is 2.27. The molecule has 3 heteroatoms. The second kappa shape index (κ2) is 10.9. The van der Waals surface area contributed by atoms with Gasteiger partial charge in [-0.3, -0.25) is 4.79 Å². The highest BCUT2D eigenvalue weighted by molar-refractivity contribution is 5.76. The van der Waals surface area contributed by atoms with Gasteiger partial charge in [-0.15, -0.1) is 0 Å². The van der Waals surface area contributed by atoms with Crippen LogP contribution in [-0.4, -0.2) is 24.4 Å². The highest BCUT2D eigenvalue weighted by atomic mass is 16.5. The van der Waals surface area contributed by atoms with E-state index in [0.717, 1.165) is 29.7 Å². The Bertz CT molecular complexity index is 726. The molecule has 1 amide bonds. The van der Waals surface area contributed by atoms with Crippen molar-refractivity contribution in [3.63, 3.8) is 0 Å². The van der Waals surface area contributed by atoms with E-state index >= 15 is 0 Å². The SMILES string of the molecule is Cc1ccccc1OC(CCN(C)C(=O)CC(C)CC(C)C)c1ccccc1. The number of ether oxygens (including phenoxy) is 1. The summed E-state index contributed by atoms with van der Waals surface area (Å²) in [5.41, 5.74) is 2.26. The van der Waals surface area contributed by atoms with Crippen molar-refractivity contribution in [1.82, 2.24) is 4.90 Å². The van der Waals surface area contributed by atoms with Crippen molar-refractivity contribution in [3.8, 4) is 5.75 Å². The third kappa shape index (κ3) is 7.03. The van der Waals surface area contributed by atoms with Crippen LogP contribution in [0.5, 0.6) is 5.75 Å². The van der Waals surface area contributed by atoms with Gasteiger partial charge in [-0.25, -0.2) is 0 Å². The zero-order valence-electron chi connectivity index (χ0n) is 18.0. The molecule has 152 valence electrons. The first-order valence-electron chi connectivity index (χ1n) is 10.4. The summed E-state index contributed by atoms with van der Waals surface area (Å²) in [5.74, 6) is 2.16. The predicted octanol–water partition coefficient (Wildman–Crippen LogP) is 6.04. The maximum atomic E-state index is 12.6. The minimum absolute atomic E-state index is 0.0781. The molecular formula is C25H35NO2. The van der Waals surface area contributed by atoms with E-state index < -0.39 is 0 Å². The molecule has 0 N–H and O–H groups in total. The quantitative estimate of drug-likeness (QED) is 0.502. The topological polar surface area (TPSA) is 29.5 Å². The first-order chi connectivity index (χ1) is 13.4. The van der Waals surface area contributed by atoms with E-state index in [0.29, 0.717) is 24.8 Å². The molecule has 2 aromatic carbocycles. The average molecular weight is 382 g/mol. The number of nitrogens with zero attached hydrogens (tertiary/aromatic N) is 1. The Kier molecular flexibility index (Phi) is 8.56. The maximum Gasteiger partial charge on any atom is 0.222 e. The van der Waals surface area contributed by atoms with Crippen LogP contribution in [0.4, 0.5) is 0 Å². The van der Waals surface area contributed by atoms with E-state index in [1.165, 1.54) is 0 Å². The molecule has 0 aliphatic heterocycles. The molecule has 0 aromatic heterocycles. The lowest BCUT2D eigenvalue weighted by atomic mass is 9.95. The fourth-order valence-corrected chi connectivity index (χ4v) is 3.58. The van der Waals surface area contributed by atoms with Gasteiger partial charge in [-0.1, -0.05) is 69.3 Å². The number of carbonyl (C=O) groups is 1. The van der Waals surface area contributed by atoms with Crippen LogP contribution < -0.4 is 4.74 Å². The monoisotopic (exact) mass is 381 g/mol. The lowest BCUT2D eigenvalue weighted by Gasteiger charge is -2.25. The van der Waals surface area contributed by atoms with E-state index in [2.05, 4.69) is 45.9 Å². The van der Waals surface area contributed by atoms with Gasteiger partial charge in [0, 0.05) is 26.4 Å². The van der Waals surface area contributed by atoms with E-state index in [9.17, 15) is 4.79 Å². The summed E-state index contributed by atoms with van der Waals surface area (Å²) in [7, 11) is 1.90. The van der Waals surface area contributed by atoms with Crippen LogP contribution in [0.15, 0.2) is 54.6 Å². The van der Waals surface area contributed by atoms with Gasteiger partial charge in [0.05, 0.1) is 0 Å². The van der Waals surface area contributed by atoms with Gasteiger partial charge in [0.1, 0.15) is 11.9 Å². The summed E-state index contributed by atoms with van der Waals surface area (Å²) >= 11 is 0. The molecule has 2 aromatic rings. The van der Waals surface area contributed by atoms with Crippen LogP contribution in [0, 0.1) is 18.8 Å². The van der Waals surface area contributed by atoms with Gasteiger partial charge < -0.3 is 9.64 Å². The van der Waals surface area contributed by atoms with Crippen LogP contribution in [0.3, 0.4) is 0 Å². The molecule has 0 fully saturated rings. The van der Waals surface area contributed by atoms with Crippen LogP contribution in [0.1, 0.15) is 57.3 Å². The summed E-state index contributed by atoms with van der Waals surface area (Å²) in [6.07, 6.45) is 2.39. The van der Waals surface area contributed by atoms with Crippen molar-refractivity contribution in [2.75, 3.05) is 13.6 Å². The van der Waals surface area contributed by atoms with Crippen molar-refractivity contribution in [2.45, 2.75) is 53.1 Å². The van der Waals surface area contributed by atoms with Gasteiger partial charge in [0.2, 0.25) is 5.91 Å². The van der Waals surface area contributed by atoms with Crippen molar-refractivity contribution in [1.29, 1.82) is 0 Å². The highest BCUT2D eigenvalue weighted by Gasteiger charge is 2.19. The molecule has 0 bridgehead atoms. The van der Waals surface area contributed by atoms with Crippen LogP contribution in [-0.2, 0) is 4.79 Å². The smallest absolute Gasteiger partial charge is 0.222 e. The molecule has 2 unspecified atom stereocenters. The Morgan fingerprint density at radius 3 is 2.29 bits per heavy atom. The van der Waals surface area contributed by atoms with Crippen molar-refractivity contribution < 1.29 is 9.53 Å². The maximum absolute atomic E-state index is 12.6. The number of rotatable bonds is 10. The van der Waals surface area contributed by atoms with Crippen molar-refractivity contribution >= 4 is 5.91 Å². The fourth-order valence-electron chi connectivity index (χ4n) is 3.58. The predicted molar refractivity (Wildman–Crippen MR) is 116 cm³/mol. The van der Waals surface area contributed by atoms with Crippen LogP contribution in [0.2, 0.25) is 0 Å². The summed E-state index contributed by atoms with van der Waals surface area (Å²) in [6, 6.07) is 18.3. The molecule has 0 saturated heterocycles. The van der Waals surface area contributed by atoms with E-state index in [4.69, 9.17) is 4.74 Å². The lowest BCUT2D eigenvalue weighted by Crippen LogP contribution is -2.30. The minimum Gasteiger partial charge on any atom is -0.485 e. The second-order valence-corrected chi connectivity index (χ2v) is 8.33. The number of amides is 1. The molecule has 2 atom stereocenters. The third-order valence-corrected chi connectivity index (χ3v) is 5.08. The molecule has 0 spiro atoms. The zero-order chi connectivity index (χ0) is 20.5. The van der Waals surface area contributed by atoms with Gasteiger partial charge in [0.25, 0.3) is 0 Å². The summed E-state index contributed by atoms with van der Waals surface area (Å²) < 4.78 is 6.36. The molecule has 3 nitrogen and oxygen atoms in total. The van der Waals surface area contributed by atoms with Gasteiger partial charge in [-0.2, -0.15) is 0 Å². The Hall–Kier alpha value is -2.29. The second-order valence-electron chi connectivity index (χ2n) is 8.33. The number of hydrogen-bond acceptors (Lipinski definition) is 2. The Morgan fingerprint density at radius 1 is 1.00 bits per heavy atom. The number of benzene rings is 2. The molecule has 0 saturated carbocycles. The van der Waals surface area contributed by atoms with Crippen molar-refractivity contribution in [2.24, 2.45) is 11.8 Å². The Balaban J connectivity index is 2.00. The third-order valence-electron chi connectivity index (χ3n) is 5.08. The number of hydrogen-bond donors (Lipinski definition) is 0. The standard InChI is InChI=1S/C25H35NO2/c1-19(2)17-20(3)18-25(27)26(5)16-15-24(22-12-7-6-8-13-22)28-23-14-10-9-11-21(23)4/h6-14,19-20,24H,15-18H2,1-5H3. The van der Waals surface area contributed by atoms with E-state index in [1.54, 1.807) is 0 Å². The Morgan fingerprint density at radius 2 is 1.64 bits per heavy atom. The van der Waals surface area contributed by atoms with Crippen LogP contribution >= 0.6 is 0 Å². The Labute approximate surface area is 170 Å². The minimum atomic E-state index is -0.0781. The number of carbonyl (C=O) groups excluding carboxylic acids is 1. The number of aryl methyl sites for hydroxylation is 1. The zero-order valence-corrected chi connectivity index (χ0v) is 18.0. The molecule has 0 aliphatic rings. The first kappa shape index (κ1) is 22.0. The number of para-hydroxylation sites is 1. The van der Waals surface area contributed by atoms with E-state index in [1.807, 2.05) is 48.3 Å². The average Bonchev–Trinajstić information content (AvgIpc) is 2.66. The lowest BCUT2D eigenvalue weighted by molar-refractivity contribution is -0.131. The molecule has 0 heterocycles. The molecule has 2 rings (SSSR count). The largest absolute Gasteiger partial charge is 0.485 e. The molecular weight excluding hydrogens is 346 g/mol. The summed E-state index contributed by atoms with van der Waals surface area (Å²) in [6.45, 7) is 9.32. The van der Waals surface area contributed by atoms with Crippen LogP contribution in [0.25, 0.3) is 0 Å². The fraction of sp³-hybridized carbons (Fsp3) is 0.480. The first-order valence-corrected chi connectivity index (χ1v) is 10.4. The van der Waals surface area contributed by atoms with Gasteiger partial charge in [-0.05, 0) is 42.4 Å². The molecule has 0 aliphatic carbocycles. The van der Waals surface area contributed by atoms with Gasteiger partial charge in [0.15, 0.2) is 0 Å². The molecule has 0 radical (unpaired) electrons. The summed E-state index contributed by atoms with van der Waals surface area (Å²) in [5, 5.41) is 0. The normalized spacial score (nSPS) is 13.2. The van der Waals surface area contributed by atoms with E-state index in [-0.39, 0.29) is 12.0 Å².